The minimum Gasteiger partial charge on any atom is -0.496 e. The Morgan fingerprint density at radius 2 is 1.95 bits per heavy atom. The molecule has 0 unspecified atom stereocenters. The summed E-state index contributed by atoms with van der Waals surface area (Å²) in [5, 5.41) is 3.32. The molecule has 0 aliphatic heterocycles. The minimum atomic E-state index is 0.509. The lowest BCUT2D eigenvalue weighted by Gasteiger charge is -2.12. The SMILES string of the molecule is CCNCc1cccc(OCc2cc(C)ccc2OC)c1. The third-order valence-electron chi connectivity index (χ3n) is 3.31. The lowest BCUT2D eigenvalue weighted by molar-refractivity contribution is 0.296. The van der Waals surface area contributed by atoms with Gasteiger partial charge in [-0.1, -0.05) is 30.7 Å². The Bertz CT molecular complexity index is 581. The van der Waals surface area contributed by atoms with Crippen LogP contribution in [0.25, 0.3) is 0 Å². The third kappa shape index (κ3) is 4.50. The van der Waals surface area contributed by atoms with Crippen molar-refractivity contribution >= 4 is 0 Å². The number of benzene rings is 2. The molecule has 3 nitrogen and oxygen atoms in total. The maximum Gasteiger partial charge on any atom is 0.125 e. The van der Waals surface area contributed by atoms with Gasteiger partial charge in [0.25, 0.3) is 0 Å². The van der Waals surface area contributed by atoms with Crippen LogP contribution in [0.5, 0.6) is 11.5 Å². The number of methoxy groups -OCH3 is 1. The van der Waals surface area contributed by atoms with E-state index in [-0.39, 0.29) is 0 Å². The van der Waals surface area contributed by atoms with Crippen LogP contribution >= 0.6 is 0 Å². The fourth-order valence-corrected chi connectivity index (χ4v) is 2.20. The van der Waals surface area contributed by atoms with Crippen molar-refractivity contribution in [1.29, 1.82) is 0 Å². The minimum absolute atomic E-state index is 0.509. The van der Waals surface area contributed by atoms with E-state index in [1.54, 1.807) is 7.11 Å². The van der Waals surface area contributed by atoms with Gasteiger partial charge in [0.15, 0.2) is 0 Å². The van der Waals surface area contributed by atoms with Crippen molar-refractivity contribution in [3.8, 4) is 11.5 Å². The summed E-state index contributed by atoms with van der Waals surface area (Å²) in [6.45, 7) is 6.51. The zero-order valence-electron chi connectivity index (χ0n) is 13.0. The van der Waals surface area contributed by atoms with Gasteiger partial charge in [-0.05, 0) is 43.3 Å². The molecule has 2 aromatic rings. The van der Waals surface area contributed by atoms with Crippen LogP contribution in [0.1, 0.15) is 23.6 Å². The second-order valence-corrected chi connectivity index (χ2v) is 5.03. The average Bonchev–Trinajstić information content (AvgIpc) is 2.51. The van der Waals surface area contributed by atoms with E-state index in [0.717, 1.165) is 30.2 Å². The molecule has 21 heavy (non-hydrogen) atoms. The van der Waals surface area contributed by atoms with Gasteiger partial charge in [-0.25, -0.2) is 0 Å². The van der Waals surface area contributed by atoms with E-state index in [2.05, 4.69) is 37.4 Å². The summed E-state index contributed by atoms with van der Waals surface area (Å²) >= 11 is 0. The predicted octanol–water partition coefficient (Wildman–Crippen LogP) is 3.69. The molecular weight excluding hydrogens is 262 g/mol. The van der Waals surface area contributed by atoms with E-state index in [0.29, 0.717) is 6.61 Å². The van der Waals surface area contributed by atoms with Crippen molar-refractivity contribution in [1.82, 2.24) is 5.32 Å². The number of ether oxygens (including phenoxy) is 2. The van der Waals surface area contributed by atoms with Crippen molar-refractivity contribution in [2.24, 2.45) is 0 Å². The van der Waals surface area contributed by atoms with Gasteiger partial charge in [0.1, 0.15) is 18.1 Å². The second-order valence-electron chi connectivity index (χ2n) is 5.03. The van der Waals surface area contributed by atoms with Crippen molar-refractivity contribution in [2.75, 3.05) is 13.7 Å². The van der Waals surface area contributed by atoms with Gasteiger partial charge in [0.2, 0.25) is 0 Å². The van der Waals surface area contributed by atoms with E-state index in [4.69, 9.17) is 9.47 Å². The molecule has 0 saturated carbocycles. The van der Waals surface area contributed by atoms with Crippen LogP contribution in [0.15, 0.2) is 42.5 Å². The van der Waals surface area contributed by atoms with Gasteiger partial charge >= 0.3 is 0 Å². The van der Waals surface area contributed by atoms with Gasteiger partial charge < -0.3 is 14.8 Å². The lowest BCUT2D eigenvalue weighted by Crippen LogP contribution is -2.11. The summed E-state index contributed by atoms with van der Waals surface area (Å²) in [5.74, 6) is 1.75. The van der Waals surface area contributed by atoms with Crippen LogP contribution in [-0.2, 0) is 13.2 Å². The third-order valence-corrected chi connectivity index (χ3v) is 3.31. The first kappa shape index (κ1) is 15.4. The number of rotatable bonds is 7. The van der Waals surface area contributed by atoms with Crippen LogP contribution in [0.2, 0.25) is 0 Å². The molecule has 0 spiro atoms. The van der Waals surface area contributed by atoms with E-state index in [1.165, 1.54) is 11.1 Å². The molecule has 1 N–H and O–H groups in total. The lowest BCUT2D eigenvalue weighted by atomic mass is 10.1. The Labute approximate surface area is 126 Å². The molecular formula is C18H23NO2. The molecule has 2 aromatic carbocycles. The highest BCUT2D eigenvalue weighted by molar-refractivity contribution is 5.37. The van der Waals surface area contributed by atoms with E-state index < -0.39 is 0 Å². The Hall–Kier alpha value is -2.00. The number of hydrogen-bond acceptors (Lipinski definition) is 3. The summed E-state index contributed by atoms with van der Waals surface area (Å²) in [7, 11) is 1.69. The normalized spacial score (nSPS) is 10.4. The smallest absolute Gasteiger partial charge is 0.125 e. The van der Waals surface area contributed by atoms with E-state index >= 15 is 0 Å². The molecule has 0 radical (unpaired) electrons. The summed E-state index contributed by atoms with van der Waals surface area (Å²) in [4.78, 5) is 0. The Morgan fingerprint density at radius 3 is 2.71 bits per heavy atom. The van der Waals surface area contributed by atoms with Crippen LogP contribution in [0.3, 0.4) is 0 Å². The first-order chi connectivity index (χ1) is 10.2. The van der Waals surface area contributed by atoms with Crippen LogP contribution in [0.4, 0.5) is 0 Å². The monoisotopic (exact) mass is 285 g/mol. The summed E-state index contributed by atoms with van der Waals surface area (Å²) in [6, 6.07) is 14.3. The van der Waals surface area contributed by atoms with Crippen molar-refractivity contribution in [3.63, 3.8) is 0 Å². The van der Waals surface area contributed by atoms with Gasteiger partial charge in [0.05, 0.1) is 7.11 Å². The quantitative estimate of drug-likeness (QED) is 0.841. The molecule has 112 valence electrons. The molecule has 0 heterocycles. The van der Waals surface area contributed by atoms with Crippen LogP contribution < -0.4 is 14.8 Å². The summed E-state index contributed by atoms with van der Waals surface area (Å²) < 4.78 is 11.3. The summed E-state index contributed by atoms with van der Waals surface area (Å²) in [5.41, 5.74) is 3.50. The molecule has 0 fully saturated rings. The molecule has 0 bridgehead atoms. The van der Waals surface area contributed by atoms with Gasteiger partial charge in [0, 0.05) is 12.1 Å². The van der Waals surface area contributed by atoms with Gasteiger partial charge in [-0.3, -0.25) is 0 Å². The largest absolute Gasteiger partial charge is 0.496 e. The Kier molecular flexibility index (Phi) is 5.64. The highest BCUT2D eigenvalue weighted by Crippen LogP contribution is 2.22. The first-order valence-corrected chi connectivity index (χ1v) is 7.29. The number of nitrogens with one attached hydrogen (secondary N) is 1. The molecule has 0 aliphatic rings. The Balaban J connectivity index is 2.04. The van der Waals surface area contributed by atoms with E-state index in [9.17, 15) is 0 Å². The first-order valence-electron chi connectivity index (χ1n) is 7.29. The number of aryl methyl sites for hydroxylation is 1. The van der Waals surface area contributed by atoms with Gasteiger partial charge in [-0.15, -0.1) is 0 Å². The topological polar surface area (TPSA) is 30.5 Å². The second kappa shape index (κ2) is 7.70. The molecule has 0 aromatic heterocycles. The predicted molar refractivity (Wildman–Crippen MR) is 85.9 cm³/mol. The van der Waals surface area contributed by atoms with Crippen LogP contribution in [0, 0.1) is 6.92 Å². The molecule has 0 saturated heterocycles. The van der Waals surface area contributed by atoms with Crippen molar-refractivity contribution in [3.05, 3.63) is 59.2 Å². The maximum atomic E-state index is 5.90. The summed E-state index contributed by atoms with van der Waals surface area (Å²) in [6.07, 6.45) is 0. The fourth-order valence-electron chi connectivity index (χ4n) is 2.20. The maximum absolute atomic E-state index is 5.90. The number of hydrogen-bond donors (Lipinski definition) is 1. The zero-order valence-corrected chi connectivity index (χ0v) is 13.0. The fraction of sp³-hybridized carbons (Fsp3) is 0.333. The highest BCUT2D eigenvalue weighted by Gasteiger charge is 2.04. The van der Waals surface area contributed by atoms with E-state index in [1.807, 2.05) is 24.3 Å². The van der Waals surface area contributed by atoms with Crippen molar-refractivity contribution < 1.29 is 9.47 Å². The highest BCUT2D eigenvalue weighted by atomic mass is 16.5. The molecule has 0 atom stereocenters. The van der Waals surface area contributed by atoms with Crippen molar-refractivity contribution in [2.45, 2.75) is 27.0 Å². The molecule has 0 amide bonds. The standard InChI is InChI=1S/C18H23NO2/c1-4-19-12-15-6-5-7-17(11-15)21-13-16-10-14(2)8-9-18(16)20-3/h5-11,19H,4,12-13H2,1-3H3. The zero-order chi connectivity index (χ0) is 15.1. The molecule has 2 rings (SSSR count). The Morgan fingerprint density at radius 1 is 1.10 bits per heavy atom. The molecule has 3 heteroatoms. The van der Waals surface area contributed by atoms with Gasteiger partial charge in [-0.2, -0.15) is 0 Å². The molecule has 0 aliphatic carbocycles. The average molecular weight is 285 g/mol. The van der Waals surface area contributed by atoms with Crippen LogP contribution in [-0.4, -0.2) is 13.7 Å².